The van der Waals surface area contributed by atoms with E-state index in [4.69, 9.17) is 10.6 Å². The Morgan fingerprint density at radius 2 is 2.06 bits per heavy atom. The first-order chi connectivity index (χ1) is 7.78. The number of rotatable bonds is 6. The van der Waals surface area contributed by atoms with Crippen molar-refractivity contribution in [1.29, 1.82) is 0 Å². The molecule has 2 atom stereocenters. The van der Waals surface area contributed by atoms with Gasteiger partial charge in [-0.15, -0.1) is 0 Å². The molecule has 102 valence electrons. The summed E-state index contributed by atoms with van der Waals surface area (Å²) in [6.07, 6.45) is 1.19. The Morgan fingerprint density at radius 1 is 1.47 bits per heavy atom. The van der Waals surface area contributed by atoms with Crippen molar-refractivity contribution in [3.05, 3.63) is 0 Å². The standard InChI is InChI=1S/C9H22N4O3S/c1-7(5-16-3)11-9(13-10)12-8(2)6-17(4,14)15/h7-8H,5-6,10H2,1-4H3,(H2,11,12,13). The third-order valence-electron chi connectivity index (χ3n) is 1.83. The first-order valence-electron chi connectivity index (χ1n) is 5.26. The van der Waals surface area contributed by atoms with Crippen LogP contribution in [0.4, 0.5) is 0 Å². The Balaban J connectivity index is 4.39. The number of nitrogens with one attached hydrogen (secondary N) is 2. The molecule has 0 fully saturated rings. The summed E-state index contributed by atoms with van der Waals surface area (Å²) in [7, 11) is -1.44. The Kier molecular flexibility index (Phi) is 7.09. The van der Waals surface area contributed by atoms with E-state index in [1.807, 2.05) is 6.92 Å². The van der Waals surface area contributed by atoms with Crippen LogP contribution in [0.3, 0.4) is 0 Å². The maximum absolute atomic E-state index is 11.1. The number of guanidine groups is 1. The number of aliphatic imine (C=N–C) groups is 1. The van der Waals surface area contributed by atoms with Gasteiger partial charge in [0.25, 0.3) is 0 Å². The topological polar surface area (TPSA) is 106 Å². The summed E-state index contributed by atoms with van der Waals surface area (Å²) < 4.78 is 27.1. The number of hydrazine groups is 1. The summed E-state index contributed by atoms with van der Waals surface area (Å²) in [5.74, 6) is 5.67. The lowest BCUT2D eigenvalue weighted by Gasteiger charge is -2.17. The van der Waals surface area contributed by atoms with Crippen molar-refractivity contribution in [2.75, 3.05) is 25.7 Å². The lowest BCUT2D eigenvalue weighted by molar-refractivity contribution is 0.185. The molecule has 0 saturated carbocycles. The number of ether oxygens (including phenoxy) is 1. The molecule has 0 aromatic heterocycles. The van der Waals surface area contributed by atoms with Crippen LogP contribution in [-0.2, 0) is 14.6 Å². The number of nitrogens with two attached hydrogens (primary N) is 1. The molecule has 0 bridgehead atoms. The molecule has 0 amide bonds. The van der Waals surface area contributed by atoms with Gasteiger partial charge in [0.05, 0.1) is 18.4 Å². The van der Waals surface area contributed by atoms with Gasteiger partial charge >= 0.3 is 0 Å². The van der Waals surface area contributed by atoms with Crippen LogP contribution < -0.4 is 16.6 Å². The molecular formula is C9H22N4O3S. The second-order valence-electron chi connectivity index (χ2n) is 4.06. The van der Waals surface area contributed by atoms with Crippen LogP contribution in [0.25, 0.3) is 0 Å². The molecule has 17 heavy (non-hydrogen) atoms. The molecule has 0 aromatic rings. The van der Waals surface area contributed by atoms with Gasteiger partial charge in [-0.1, -0.05) is 0 Å². The second-order valence-corrected chi connectivity index (χ2v) is 6.25. The lowest BCUT2D eigenvalue weighted by Crippen LogP contribution is -2.48. The smallest absolute Gasteiger partial charge is 0.206 e. The number of methoxy groups -OCH3 is 1. The molecule has 4 N–H and O–H groups in total. The van der Waals surface area contributed by atoms with Gasteiger partial charge in [-0.05, 0) is 13.8 Å². The number of nitrogens with zero attached hydrogens (tertiary/aromatic N) is 1. The van der Waals surface area contributed by atoms with Gasteiger partial charge in [-0.2, -0.15) is 0 Å². The molecule has 2 unspecified atom stereocenters. The maximum atomic E-state index is 11.1. The van der Waals surface area contributed by atoms with Gasteiger partial charge in [0, 0.05) is 19.4 Å². The molecule has 7 nitrogen and oxygen atoms in total. The summed E-state index contributed by atoms with van der Waals surface area (Å²) >= 11 is 0. The van der Waals surface area contributed by atoms with Crippen LogP contribution in [0.1, 0.15) is 13.8 Å². The third kappa shape index (κ3) is 8.90. The van der Waals surface area contributed by atoms with E-state index in [0.717, 1.165) is 0 Å². The number of sulfone groups is 1. The zero-order chi connectivity index (χ0) is 13.5. The van der Waals surface area contributed by atoms with Gasteiger partial charge < -0.3 is 10.1 Å². The van der Waals surface area contributed by atoms with E-state index in [-0.39, 0.29) is 17.8 Å². The summed E-state index contributed by atoms with van der Waals surface area (Å²) in [4.78, 5) is 4.20. The highest BCUT2D eigenvalue weighted by atomic mass is 32.2. The Morgan fingerprint density at radius 3 is 2.47 bits per heavy atom. The van der Waals surface area contributed by atoms with Gasteiger partial charge in [-0.3, -0.25) is 5.43 Å². The van der Waals surface area contributed by atoms with E-state index in [9.17, 15) is 8.42 Å². The quantitative estimate of drug-likeness (QED) is 0.243. The van der Waals surface area contributed by atoms with E-state index in [0.29, 0.717) is 12.6 Å². The monoisotopic (exact) mass is 266 g/mol. The van der Waals surface area contributed by atoms with E-state index >= 15 is 0 Å². The van der Waals surface area contributed by atoms with Crippen molar-refractivity contribution in [3.63, 3.8) is 0 Å². The van der Waals surface area contributed by atoms with E-state index in [2.05, 4.69) is 15.7 Å². The van der Waals surface area contributed by atoms with Crippen LogP contribution in [0.2, 0.25) is 0 Å². The summed E-state index contributed by atoms with van der Waals surface area (Å²) in [6, 6.07) is -0.335. The van der Waals surface area contributed by atoms with Crippen molar-refractivity contribution in [2.24, 2.45) is 10.8 Å². The molecule has 0 saturated heterocycles. The minimum absolute atomic E-state index is 0.0202. The molecule has 8 heteroatoms. The highest BCUT2D eigenvalue weighted by Gasteiger charge is 2.12. The van der Waals surface area contributed by atoms with Crippen molar-refractivity contribution >= 4 is 15.8 Å². The molecule has 0 aromatic carbocycles. The first kappa shape index (κ1) is 16.1. The van der Waals surface area contributed by atoms with Crippen molar-refractivity contribution < 1.29 is 13.2 Å². The van der Waals surface area contributed by atoms with Crippen LogP contribution in [0, 0.1) is 0 Å². The van der Waals surface area contributed by atoms with Crippen LogP contribution in [0.5, 0.6) is 0 Å². The van der Waals surface area contributed by atoms with Crippen molar-refractivity contribution in [3.8, 4) is 0 Å². The molecule has 0 heterocycles. The molecule has 0 aliphatic rings. The predicted octanol–water partition coefficient (Wildman–Crippen LogP) is -1.14. The Hall–Kier alpha value is -0.860. The SMILES string of the molecule is COCC(C)N=C(NN)NC(C)CS(C)(=O)=O. The minimum Gasteiger partial charge on any atom is -0.382 e. The largest absolute Gasteiger partial charge is 0.382 e. The fraction of sp³-hybridized carbons (Fsp3) is 0.889. The maximum Gasteiger partial charge on any atom is 0.206 e. The predicted molar refractivity (Wildman–Crippen MR) is 68.4 cm³/mol. The normalized spacial score (nSPS) is 16.4. The van der Waals surface area contributed by atoms with Crippen molar-refractivity contribution in [1.82, 2.24) is 10.7 Å². The molecule has 0 aliphatic carbocycles. The molecule has 0 spiro atoms. The highest BCUT2D eigenvalue weighted by molar-refractivity contribution is 7.90. The van der Waals surface area contributed by atoms with Crippen LogP contribution in [-0.4, -0.2) is 52.2 Å². The highest BCUT2D eigenvalue weighted by Crippen LogP contribution is 1.93. The zero-order valence-electron chi connectivity index (χ0n) is 10.7. The summed E-state index contributed by atoms with van der Waals surface area (Å²) in [5.41, 5.74) is 2.40. The van der Waals surface area contributed by atoms with E-state index in [1.54, 1.807) is 14.0 Å². The fourth-order valence-corrected chi connectivity index (χ4v) is 2.34. The number of hydrogen-bond donors (Lipinski definition) is 3. The van der Waals surface area contributed by atoms with Crippen LogP contribution >= 0.6 is 0 Å². The Labute approximate surface area is 103 Å². The molecule has 0 aliphatic heterocycles. The summed E-state index contributed by atoms with van der Waals surface area (Å²) in [6.45, 7) is 4.08. The average molecular weight is 266 g/mol. The van der Waals surface area contributed by atoms with Crippen LogP contribution in [0.15, 0.2) is 4.99 Å². The molecule has 0 radical (unpaired) electrons. The van der Waals surface area contributed by atoms with E-state index in [1.165, 1.54) is 6.26 Å². The average Bonchev–Trinajstić information content (AvgIpc) is 2.13. The minimum atomic E-state index is -3.03. The summed E-state index contributed by atoms with van der Waals surface area (Å²) in [5, 5.41) is 2.89. The molecule has 0 rings (SSSR count). The van der Waals surface area contributed by atoms with E-state index < -0.39 is 9.84 Å². The number of hydrogen-bond acceptors (Lipinski definition) is 5. The zero-order valence-corrected chi connectivity index (χ0v) is 11.5. The van der Waals surface area contributed by atoms with Crippen molar-refractivity contribution in [2.45, 2.75) is 25.9 Å². The van der Waals surface area contributed by atoms with Gasteiger partial charge in [-0.25, -0.2) is 19.3 Å². The third-order valence-corrected chi connectivity index (χ3v) is 2.94. The second kappa shape index (κ2) is 7.46. The first-order valence-corrected chi connectivity index (χ1v) is 7.32. The van der Waals surface area contributed by atoms with Gasteiger partial charge in [0.2, 0.25) is 5.96 Å². The Bertz CT molecular complexity index is 342. The lowest BCUT2D eigenvalue weighted by atomic mass is 10.4. The molecular weight excluding hydrogens is 244 g/mol. The van der Waals surface area contributed by atoms with Gasteiger partial charge in [0.15, 0.2) is 0 Å². The fourth-order valence-electron chi connectivity index (χ4n) is 1.34. The van der Waals surface area contributed by atoms with Gasteiger partial charge in [0.1, 0.15) is 9.84 Å².